The molecule has 0 atom stereocenters. The molecule has 0 fully saturated rings. The Labute approximate surface area is 68.0 Å². The Hall–Kier alpha value is 0.438. The summed E-state index contributed by atoms with van der Waals surface area (Å²) in [6.45, 7) is 7.87. The molecule has 0 aromatic carbocycles. The molecule has 0 bridgehead atoms. The molecule has 0 amide bonds. The van der Waals surface area contributed by atoms with Gasteiger partial charge >= 0.3 is 67.4 Å². The Morgan fingerprint density at radius 1 is 0.800 bits per heavy atom. The van der Waals surface area contributed by atoms with Crippen LogP contribution in [-0.2, 0) is 11.2 Å². The molecule has 10 heavy (non-hydrogen) atoms. The van der Waals surface area contributed by atoms with E-state index in [1.54, 1.807) is 0 Å². The predicted octanol–water partition coefficient (Wildman–Crippen LogP) is 1.08. The van der Waals surface area contributed by atoms with Gasteiger partial charge in [0.25, 0.3) is 0 Å². The number of hydrogen-bond donors (Lipinski definition) is 0. The van der Waals surface area contributed by atoms with Crippen molar-refractivity contribution in [2.24, 2.45) is 0 Å². The van der Waals surface area contributed by atoms with E-state index in [-0.39, 0.29) is 0 Å². The van der Waals surface area contributed by atoms with Gasteiger partial charge in [-0.2, -0.15) is 0 Å². The standard InChI is InChI=1S/C6H15AsO3/c1-4-8-7(9-5-2)10-6-3/h4-6H2,1-3H3. The summed E-state index contributed by atoms with van der Waals surface area (Å²) in [7, 11) is 0. The van der Waals surface area contributed by atoms with Crippen LogP contribution in [0.4, 0.5) is 0 Å². The van der Waals surface area contributed by atoms with Gasteiger partial charge in [-0.25, -0.2) is 0 Å². The Morgan fingerprint density at radius 3 is 1.30 bits per heavy atom. The molecule has 0 aliphatic carbocycles. The maximum absolute atomic E-state index is 5.22. The fraction of sp³-hybridized carbons (Fsp3) is 1.00. The molecule has 62 valence electrons. The first-order valence-electron chi connectivity index (χ1n) is 3.54. The topological polar surface area (TPSA) is 27.7 Å². The van der Waals surface area contributed by atoms with Crippen molar-refractivity contribution >= 4 is 15.7 Å². The summed E-state index contributed by atoms with van der Waals surface area (Å²) in [6.07, 6.45) is 0. The van der Waals surface area contributed by atoms with Crippen molar-refractivity contribution < 1.29 is 11.2 Å². The summed E-state index contributed by atoms with van der Waals surface area (Å²) < 4.78 is 15.7. The van der Waals surface area contributed by atoms with Crippen LogP contribution in [0.2, 0.25) is 0 Å². The first kappa shape index (κ1) is 10.4. The maximum atomic E-state index is 5.22. The normalized spacial score (nSPS) is 10.8. The van der Waals surface area contributed by atoms with Gasteiger partial charge in [0.05, 0.1) is 0 Å². The predicted molar refractivity (Wildman–Crippen MR) is 40.6 cm³/mol. The molecule has 0 aromatic heterocycles. The zero-order valence-corrected chi connectivity index (χ0v) is 8.67. The van der Waals surface area contributed by atoms with Crippen LogP contribution >= 0.6 is 0 Å². The Morgan fingerprint density at radius 2 is 1.10 bits per heavy atom. The molecule has 3 nitrogen and oxygen atoms in total. The fourth-order valence-electron chi connectivity index (χ4n) is 0.428. The van der Waals surface area contributed by atoms with Crippen molar-refractivity contribution in [2.75, 3.05) is 19.8 Å². The monoisotopic (exact) mass is 210 g/mol. The van der Waals surface area contributed by atoms with Crippen molar-refractivity contribution in [1.29, 1.82) is 0 Å². The van der Waals surface area contributed by atoms with Crippen molar-refractivity contribution in [3.63, 3.8) is 0 Å². The Kier molecular flexibility index (Phi) is 7.88. The molecule has 0 unspecified atom stereocenters. The first-order chi connectivity index (χ1) is 4.85. The van der Waals surface area contributed by atoms with E-state index in [2.05, 4.69) is 0 Å². The quantitative estimate of drug-likeness (QED) is 0.614. The molecule has 0 saturated heterocycles. The first-order valence-corrected chi connectivity index (χ1v) is 5.83. The molecule has 0 rings (SSSR count). The van der Waals surface area contributed by atoms with E-state index >= 15 is 0 Å². The average molecular weight is 210 g/mol. The van der Waals surface area contributed by atoms with Crippen LogP contribution < -0.4 is 0 Å². The van der Waals surface area contributed by atoms with Crippen LogP contribution in [0.15, 0.2) is 0 Å². The molecule has 0 N–H and O–H groups in total. The second-order valence-electron chi connectivity index (χ2n) is 1.48. The number of rotatable bonds is 6. The summed E-state index contributed by atoms with van der Waals surface area (Å²) in [4.78, 5) is 0. The molecular formula is C6H15AsO3. The van der Waals surface area contributed by atoms with E-state index < -0.39 is 15.7 Å². The van der Waals surface area contributed by atoms with Crippen molar-refractivity contribution in [1.82, 2.24) is 0 Å². The van der Waals surface area contributed by atoms with Gasteiger partial charge in [0, 0.05) is 0 Å². The van der Waals surface area contributed by atoms with E-state index in [1.807, 2.05) is 20.8 Å². The van der Waals surface area contributed by atoms with Crippen LogP contribution in [0.25, 0.3) is 0 Å². The molecule has 0 spiro atoms. The van der Waals surface area contributed by atoms with Crippen molar-refractivity contribution in [3.8, 4) is 0 Å². The van der Waals surface area contributed by atoms with Crippen molar-refractivity contribution in [2.45, 2.75) is 20.8 Å². The summed E-state index contributed by atoms with van der Waals surface area (Å²) in [5.41, 5.74) is 0. The summed E-state index contributed by atoms with van der Waals surface area (Å²) >= 11 is -1.80. The SMILES string of the molecule is CCO[As](OCC)OCC. The van der Waals surface area contributed by atoms with E-state index in [0.717, 1.165) is 0 Å². The van der Waals surface area contributed by atoms with Crippen LogP contribution in [0.5, 0.6) is 0 Å². The second kappa shape index (κ2) is 7.54. The van der Waals surface area contributed by atoms with Gasteiger partial charge in [-0.3, -0.25) is 0 Å². The zero-order chi connectivity index (χ0) is 7.82. The Balaban J connectivity index is 3.30. The van der Waals surface area contributed by atoms with Crippen molar-refractivity contribution in [3.05, 3.63) is 0 Å². The molecule has 0 aromatic rings. The van der Waals surface area contributed by atoms with E-state index in [4.69, 9.17) is 11.2 Å². The number of hydrogen-bond acceptors (Lipinski definition) is 3. The molecule has 0 saturated carbocycles. The third kappa shape index (κ3) is 5.24. The second-order valence-corrected chi connectivity index (χ2v) is 4.04. The molecule has 0 aliphatic heterocycles. The minimum atomic E-state index is -1.80. The van der Waals surface area contributed by atoms with Crippen LogP contribution in [0.1, 0.15) is 20.8 Å². The van der Waals surface area contributed by atoms with E-state index in [0.29, 0.717) is 19.8 Å². The molecule has 0 aliphatic rings. The Bertz CT molecular complexity index is 55.7. The van der Waals surface area contributed by atoms with Gasteiger partial charge in [0.2, 0.25) is 0 Å². The summed E-state index contributed by atoms with van der Waals surface area (Å²) in [5.74, 6) is 0. The van der Waals surface area contributed by atoms with Crippen LogP contribution in [-0.4, -0.2) is 35.5 Å². The molecule has 0 radical (unpaired) electrons. The van der Waals surface area contributed by atoms with Crippen LogP contribution in [0.3, 0.4) is 0 Å². The van der Waals surface area contributed by atoms with Gasteiger partial charge in [-0.1, -0.05) is 0 Å². The summed E-state index contributed by atoms with van der Waals surface area (Å²) in [6, 6.07) is 0. The molecule has 4 heteroatoms. The minimum absolute atomic E-state index is 0.681. The van der Waals surface area contributed by atoms with Gasteiger partial charge in [0.15, 0.2) is 0 Å². The summed E-state index contributed by atoms with van der Waals surface area (Å²) in [5, 5.41) is 0. The zero-order valence-electron chi connectivity index (χ0n) is 6.79. The fourth-order valence-corrected chi connectivity index (χ4v) is 2.22. The van der Waals surface area contributed by atoms with Gasteiger partial charge in [-0.05, 0) is 0 Å². The average Bonchev–Trinajstić information content (AvgIpc) is 1.90. The molecule has 0 heterocycles. The van der Waals surface area contributed by atoms with Crippen LogP contribution in [0, 0.1) is 0 Å². The molecular weight excluding hydrogens is 195 g/mol. The van der Waals surface area contributed by atoms with E-state index in [9.17, 15) is 0 Å². The third-order valence-electron chi connectivity index (χ3n) is 0.704. The van der Waals surface area contributed by atoms with E-state index in [1.165, 1.54) is 0 Å². The van der Waals surface area contributed by atoms with Gasteiger partial charge < -0.3 is 0 Å². The van der Waals surface area contributed by atoms with Gasteiger partial charge in [0.1, 0.15) is 0 Å². The third-order valence-corrected chi connectivity index (χ3v) is 3.66. The van der Waals surface area contributed by atoms with Gasteiger partial charge in [-0.15, -0.1) is 0 Å².